The third kappa shape index (κ3) is 2.70. The molecule has 1 unspecified atom stereocenters. The number of amidine groups is 1. The first-order valence-corrected chi connectivity index (χ1v) is 5.48. The Morgan fingerprint density at radius 2 is 2.27 bits per heavy atom. The smallest absolute Gasteiger partial charge is 0.222 e. The van der Waals surface area contributed by atoms with Crippen LogP contribution in [0.25, 0.3) is 0 Å². The first-order valence-electron chi connectivity index (χ1n) is 5.48. The third-order valence-electron chi connectivity index (χ3n) is 3.18. The lowest BCUT2D eigenvalue weighted by Crippen LogP contribution is -2.41. The van der Waals surface area contributed by atoms with Crippen LogP contribution >= 0.6 is 0 Å². The molecule has 0 aliphatic carbocycles. The highest BCUT2D eigenvalue weighted by atomic mass is 16.2. The maximum absolute atomic E-state index is 11.5. The van der Waals surface area contributed by atoms with Crippen LogP contribution in [-0.2, 0) is 4.79 Å². The molecule has 0 bridgehead atoms. The van der Waals surface area contributed by atoms with Crippen molar-refractivity contribution in [3.8, 4) is 0 Å². The number of nitrogens with zero attached hydrogens (tertiary/aromatic N) is 1. The monoisotopic (exact) mass is 211 g/mol. The van der Waals surface area contributed by atoms with Crippen molar-refractivity contribution >= 4 is 11.7 Å². The predicted molar refractivity (Wildman–Crippen MR) is 60.7 cm³/mol. The Labute approximate surface area is 91.3 Å². The fourth-order valence-electron chi connectivity index (χ4n) is 2.09. The van der Waals surface area contributed by atoms with Gasteiger partial charge in [-0.2, -0.15) is 0 Å². The van der Waals surface area contributed by atoms with Crippen LogP contribution in [0.1, 0.15) is 40.0 Å². The first kappa shape index (κ1) is 12.0. The zero-order valence-corrected chi connectivity index (χ0v) is 9.84. The zero-order valence-electron chi connectivity index (χ0n) is 9.84. The van der Waals surface area contributed by atoms with Crippen LogP contribution in [0.15, 0.2) is 0 Å². The van der Waals surface area contributed by atoms with Gasteiger partial charge in [-0.3, -0.25) is 10.2 Å². The van der Waals surface area contributed by atoms with E-state index in [0.29, 0.717) is 6.42 Å². The van der Waals surface area contributed by atoms with E-state index in [1.165, 1.54) is 0 Å². The molecule has 1 fully saturated rings. The van der Waals surface area contributed by atoms with Crippen molar-refractivity contribution in [2.24, 2.45) is 11.1 Å². The lowest BCUT2D eigenvalue weighted by molar-refractivity contribution is -0.129. The van der Waals surface area contributed by atoms with Crippen molar-refractivity contribution in [1.29, 1.82) is 5.41 Å². The number of amides is 1. The van der Waals surface area contributed by atoms with Crippen LogP contribution in [0, 0.1) is 10.8 Å². The molecule has 1 saturated heterocycles. The van der Waals surface area contributed by atoms with Crippen molar-refractivity contribution in [1.82, 2.24) is 4.90 Å². The molecule has 3 N–H and O–H groups in total. The van der Waals surface area contributed by atoms with Gasteiger partial charge in [0.25, 0.3) is 0 Å². The van der Waals surface area contributed by atoms with Gasteiger partial charge < -0.3 is 10.6 Å². The first-order chi connectivity index (χ1) is 6.84. The molecule has 4 heteroatoms. The summed E-state index contributed by atoms with van der Waals surface area (Å²) >= 11 is 0. The summed E-state index contributed by atoms with van der Waals surface area (Å²) in [5.41, 5.74) is 5.21. The van der Waals surface area contributed by atoms with Gasteiger partial charge in [0.15, 0.2) is 0 Å². The number of nitrogens with two attached hydrogens (primary N) is 1. The van der Waals surface area contributed by atoms with E-state index in [2.05, 4.69) is 0 Å². The van der Waals surface area contributed by atoms with Crippen molar-refractivity contribution < 1.29 is 4.79 Å². The van der Waals surface area contributed by atoms with Gasteiger partial charge in [-0.05, 0) is 19.8 Å². The molecular formula is C11H21N3O. The Balaban J connectivity index is 2.58. The fraction of sp³-hybridized carbons (Fsp3) is 0.818. The predicted octanol–water partition coefficient (Wildman–Crippen LogP) is 1.35. The van der Waals surface area contributed by atoms with Gasteiger partial charge in [-0.25, -0.2) is 0 Å². The molecule has 1 rings (SSSR count). The number of likely N-dealkylation sites (tertiary alicyclic amines) is 1. The van der Waals surface area contributed by atoms with Gasteiger partial charge in [0.1, 0.15) is 0 Å². The number of nitrogens with one attached hydrogen (secondary N) is 1. The van der Waals surface area contributed by atoms with Crippen molar-refractivity contribution in [2.45, 2.75) is 46.1 Å². The SMILES string of the molecule is CC(CC(C)(C)C(=N)N)N1CCCC1=O. The van der Waals surface area contributed by atoms with Crippen LogP contribution in [0.3, 0.4) is 0 Å². The van der Waals surface area contributed by atoms with Gasteiger partial charge >= 0.3 is 0 Å². The van der Waals surface area contributed by atoms with Crippen LogP contribution < -0.4 is 5.73 Å². The summed E-state index contributed by atoms with van der Waals surface area (Å²) in [5, 5.41) is 7.49. The van der Waals surface area contributed by atoms with Crippen molar-refractivity contribution in [3.05, 3.63) is 0 Å². The summed E-state index contributed by atoms with van der Waals surface area (Å²) < 4.78 is 0. The average Bonchev–Trinajstić information content (AvgIpc) is 2.50. The van der Waals surface area contributed by atoms with Gasteiger partial charge in [-0.1, -0.05) is 13.8 Å². The summed E-state index contributed by atoms with van der Waals surface area (Å²) in [4.78, 5) is 13.4. The standard InChI is InChI=1S/C11H21N3O/c1-8(7-11(2,3)10(12)13)14-6-4-5-9(14)15/h8H,4-7H2,1-3H3,(H3,12,13). The van der Waals surface area contributed by atoms with E-state index in [1.807, 2.05) is 25.7 Å². The molecule has 15 heavy (non-hydrogen) atoms. The quantitative estimate of drug-likeness (QED) is 0.544. The molecule has 4 nitrogen and oxygen atoms in total. The lowest BCUT2D eigenvalue weighted by atomic mass is 9.84. The highest BCUT2D eigenvalue weighted by molar-refractivity contribution is 5.83. The number of rotatable bonds is 4. The summed E-state index contributed by atoms with van der Waals surface area (Å²) in [6, 6.07) is 0.180. The van der Waals surface area contributed by atoms with Crippen molar-refractivity contribution in [3.63, 3.8) is 0 Å². The minimum atomic E-state index is -0.317. The minimum absolute atomic E-state index is 0.180. The molecule has 1 amide bonds. The topological polar surface area (TPSA) is 70.2 Å². The summed E-state index contributed by atoms with van der Waals surface area (Å²) in [5.74, 6) is 0.433. The van der Waals surface area contributed by atoms with Gasteiger partial charge in [-0.15, -0.1) is 0 Å². The molecule has 0 aromatic carbocycles. The summed E-state index contributed by atoms with van der Waals surface area (Å²) in [6.07, 6.45) is 2.39. The number of hydrogen-bond acceptors (Lipinski definition) is 2. The number of carbonyl (C=O) groups excluding carboxylic acids is 1. The second-order valence-electron chi connectivity index (χ2n) is 5.04. The number of carbonyl (C=O) groups is 1. The van der Waals surface area contributed by atoms with Gasteiger partial charge in [0.05, 0.1) is 5.84 Å². The summed E-state index contributed by atoms with van der Waals surface area (Å²) in [6.45, 7) is 6.79. The Kier molecular flexibility index (Phi) is 3.37. The molecule has 0 aromatic rings. The second-order valence-corrected chi connectivity index (χ2v) is 5.04. The molecule has 1 aliphatic rings. The van der Waals surface area contributed by atoms with Gasteiger partial charge in [0, 0.05) is 24.4 Å². The second kappa shape index (κ2) is 4.21. The van der Waals surface area contributed by atoms with E-state index >= 15 is 0 Å². The normalized spacial score (nSPS) is 19.4. The van der Waals surface area contributed by atoms with Gasteiger partial charge in [0.2, 0.25) is 5.91 Å². The fourth-order valence-corrected chi connectivity index (χ4v) is 2.09. The number of hydrogen-bond donors (Lipinski definition) is 2. The zero-order chi connectivity index (χ0) is 11.6. The molecule has 1 heterocycles. The molecule has 86 valence electrons. The highest BCUT2D eigenvalue weighted by Crippen LogP contribution is 2.26. The Morgan fingerprint density at radius 1 is 1.67 bits per heavy atom. The van der Waals surface area contributed by atoms with Crippen molar-refractivity contribution in [2.75, 3.05) is 6.54 Å². The van der Waals surface area contributed by atoms with E-state index in [9.17, 15) is 4.79 Å². The molecule has 1 atom stereocenters. The minimum Gasteiger partial charge on any atom is -0.387 e. The molecule has 0 radical (unpaired) electrons. The lowest BCUT2D eigenvalue weighted by Gasteiger charge is -2.32. The molecule has 1 aliphatic heterocycles. The maximum atomic E-state index is 11.5. The van der Waals surface area contributed by atoms with E-state index < -0.39 is 0 Å². The largest absolute Gasteiger partial charge is 0.387 e. The third-order valence-corrected chi connectivity index (χ3v) is 3.18. The highest BCUT2D eigenvalue weighted by Gasteiger charge is 2.31. The maximum Gasteiger partial charge on any atom is 0.222 e. The Hall–Kier alpha value is -1.06. The van der Waals surface area contributed by atoms with E-state index in [1.54, 1.807) is 0 Å². The molecule has 0 saturated carbocycles. The van der Waals surface area contributed by atoms with Crippen LogP contribution in [0.4, 0.5) is 0 Å². The molecular weight excluding hydrogens is 190 g/mol. The van der Waals surface area contributed by atoms with E-state index in [-0.39, 0.29) is 23.2 Å². The van der Waals surface area contributed by atoms with Crippen LogP contribution in [-0.4, -0.2) is 29.2 Å². The van der Waals surface area contributed by atoms with E-state index in [4.69, 9.17) is 11.1 Å². The molecule has 0 aromatic heterocycles. The van der Waals surface area contributed by atoms with Crippen LogP contribution in [0.5, 0.6) is 0 Å². The van der Waals surface area contributed by atoms with E-state index in [0.717, 1.165) is 19.4 Å². The average molecular weight is 211 g/mol. The molecule has 0 spiro atoms. The summed E-state index contributed by atoms with van der Waals surface area (Å²) in [7, 11) is 0. The Bertz CT molecular complexity index is 273. The Morgan fingerprint density at radius 3 is 2.67 bits per heavy atom. The van der Waals surface area contributed by atoms with Crippen LogP contribution in [0.2, 0.25) is 0 Å².